The Hall–Kier alpha value is -4.06. The van der Waals surface area contributed by atoms with Gasteiger partial charge in [-0.1, -0.05) is 23.8 Å². The topological polar surface area (TPSA) is 103 Å². The molecule has 0 saturated carbocycles. The first kappa shape index (κ1) is 25.6. The van der Waals surface area contributed by atoms with Crippen LogP contribution < -0.4 is 29.2 Å². The van der Waals surface area contributed by atoms with Crippen molar-refractivity contribution >= 4 is 52.2 Å². The van der Waals surface area contributed by atoms with Gasteiger partial charge in [0.2, 0.25) is 6.79 Å². The molecule has 0 aromatic heterocycles. The van der Waals surface area contributed by atoms with Gasteiger partial charge in [0.05, 0.1) is 15.9 Å². The maximum Gasteiger partial charge on any atom is 0.335 e. The van der Waals surface area contributed by atoms with Crippen molar-refractivity contribution in [1.82, 2.24) is 5.32 Å². The molecule has 1 N–H and O–H groups in total. The highest BCUT2D eigenvalue weighted by Gasteiger charge is 2.36. The molecule has 10 heteroatoms. The van der Waals surface area contributed by atoms with E-state index in [1.54, 1.807) is 36.4 Å². The van der Waals surface area contributed by atoms with Gasteiger partial charge in [-0.3, -0.25) is 14.9 Å². The average molecular weight is 626 g/mol. The summed E-state index contributed by atoms with van der Waals surface area (Å²) in [6.45, 7) is 4.59. The van der Waals surface area contributed by atoms with Crippen molar-refractivity contribution in [2.24, 2.45) is 0 Å². The molecule has 9 nitrogen and oxygen atoms in total. The van der Waals surface area contributed by atoms with E-state index < -0.39 is 17.8 Å². The van der Waals surface area contributed by atoms with Crippen LogP contribution in [0.2, 0.25) is 0 Å². The quantitative estimate of drug-likeness (QED) is 0.225. The number of hydrogen-bond acceptors (Lipinski definition) is 7. The number of benzene rings is 3. The van der Waals surface area contributed by atoms with Gasteiger partial charge in [-0.25, -0.2) is 9.69 Å². The number of carbonyl (C=O) groups excluding carboxylic acids is 3. The number of anilines is 1. The third kappa shape index (κ3) is 5.17. The Balaban J connectivity index is 1.42. The van der Waals surface area contributed by atoms with Gasteiger partial charge in [-0.15, -0.1) is 0 Å². The number of fused-ring (bicyclic) bond motifs is 1. The second-order valence-corrected chi connectivity index (χ2v) is 9.69. The molecular formula is C28H23IN2O7. The molecule has 0 unspecified atom stereocenters. The summed E-state index contributed by atoms with van der Waals surface area (Å²) in [5.41, 5.74) is 2.61. The van der Waals surface area contributed by atoms with Crippen molar-refractivity contribution in [2.75, 3.05) is 18.3 Å². The van der Waals surface area contributed by atoms with E-state index in [2.05, 4.69) is 27.9 Å². The van der Waals surface area contributed by atoms with Gasteiger partial charge in [0.1, 0.15) is 12.2 Å². The van der Waals surface area contributed by atoms with Crippen molar-refractivity contribution in [2.45, 2.75) is 20.5 Å². The lowest BCUT2D eigenvalue weighted by molar-refractivity contribution is -0.122. The van der Waals surface area contributed by atoms with Gasteiger partial charge < -0.3 is 18.9 Å². The molecule has 0 aliphatic carbocycles. The van der Waals surface area contributed by atoms with E-state index in [1.165, 1.54) is 6.08 Å². The van der Waals surface area contributed by atoms with Crippen LogP contribution in [-0.2, 0) is 16.2 Å². The van der Waals surface area contributed by atoms with E-state index in [4.69, 9.17) is 18.9 Å². The first-order chi connectivity index (χ1) is 18.3. The Labute approximate surface area is 232 Å². The lowest BCUT2D eigenvalue weighted by Gasteiger charge is -2.26. The summed E-state index contributed by atoms with van der Waals surface area (Å²) in [6.07, 6.45) is 1.44. The Kier molecular flexibility index (Phi) is 7.23. The fourth-order valence-electron chi connectivity index (χ4n) is 4.01. The van der Waals surface area contributed by atoms with Gasteiger partial charge in [-0.2, -0.15) is 0 Å². The number of amides is 4. The number of aryl methyl sites for hydroxylation is 1. The first-order valence-electron chi connectivity index (χ1n) is 11.8. The predicted molar refractivity (Wildman–Crippen MR) is 147 cm³/mol. The van der Waals surface area contributed by atoms with Crippen LogP contribution in [0.25, 0.3) is 6.08 Å². The van der Waals surface area contributed by atoms with Gasteiger partial charge >= 0.3 is 6.03 Å². The fraction of sp³-hybridized carbons (Fsp3) is 0.179. The summed E-state index contributed by atoms with van der Waals surface area (Å²) in [4.78, 5) is 39.3. The molecule has 0 spiro atoms. The van der Waals surface area contributed by atoms with Crippen molar-refractivity contribution in [3.8, 4) is 23.0 Å². The molecule has 3 aromatic carbocycles. The van der Waals surface area contributed by atoms with E-state index >= 15 is 0 Å². The van der Waals surface area contributed by atoms with Crippen LogP contribution in [0.15, 0.2) is 60.2 Å². The molecule has 5 rings (SSSR count). The zero-order valence-corrected chi connectivity index (χ0v) is 22.7. The molecule has 1 saturated heterocycles. The molecule has 194 valence electrons. The number of barbiturate groups is 1. The zero-order valence-electron chi connectivity index (χ0n) is 20.6. The maximum atomic E-state index is 13.2. The Bertz CT molecular complexity index is 1470. The highest BCUT2D eigenvalue weighted by molar-refractivity contribution is 14.1. The number of hydrogen-bond donors (Lipinski definition) is 1. The molecule has 0 bridgehead atoms. The molecule has 0 radical (unpaired) electrons. The fourth-order valence-corrected chi connectivity index (χ4v) is 4.79. The monoisotopic (exact) mass is 626 g/mol. The standard InChI is InChI=1S/C28H23IN2O7/c1-3-35-24-13-18(11-21(29)25(24)36-14-17-6-9-22-23(12-17)38-15-37-22)10-20-26(32)30-28(34)31(27(20)33)19-7-4-16(2)5-8-19/h4-13H,3,14-15H2,1-2H3,(H,30,32,34)/b20-10+. The Morgan fingerprint density at radius 1 is 1.00 bits per heavy atom. The summed E-state index contributed by atoms with van der Waals surface area (Å²) in [6, 6.07) is 15.2. The second-order valence-electron chi connectivity index (χ2n) is 8.53. The molecule has 3 aromatic rings. The number of ether oxygens (including phenoxy) is 4. The normalized spacial score (nSPS) is 15.6. The van der Waals surface area contributed by atoms with Crippen LogP contribution in [0.3, 0.4) is 0 Å². The Morgan fingerprint density at radius 2 is 1.76 bits per heavy atom. The molecule has 2 aliphatic heterocycles. The van der Waals surface area contributed by atoms with Gasteiger partial charge in [0.15, 0.2) is 23.0 Å². The molecule has 1 fully saturated rings. The van der Waals surface area contributed by atoms with Crippen LogP contribution in [0.1, 0.15) is 23.6 Å². The summed E-state index contributed by atoms with van der Waals surface area (Å²) >= 11 is 2.12. The number of nitrogens with one attached hydrogen (secondary N) is 1. The lowest BCUT2D eigenvalue weighted by atomic mass is 10.1. The van der Waals surface area contributed by atoms with Crippen LogP contribution >= 0.6 is 22.6 Å². The summed E-state index contributed by atoms with van der Waals surface area (Å²) in [5, 5.41) is 2.25. The van der Waals surface area contributed by atoms with Crippen LogP contribution in [0.4, 0.5) is 10.5 Å². The van der Waals surface area contributed by atoms with Crippen molar-refractivity contribution in [3.05, 3.63) is 80.4 Å². The van der Waals surface area contributed by atoms with Crippen LogP contribution in [0, 0.1) is 10.5 Å². The number of nitrogens with zero attached hydrogens (tertiary/aromatic N) is 1. The Morgan fingerprint density at radius 3 is 2.53 bits per heavy atom. The number of carbonyl (C=O) groups is 3. The van der Waals surface area contributed by atoms with E-state index in [0.29, 0.717) is 40.9 Å². The zero-order chi connectivity index (χ0) is 26.8. The van der Waals surface area contributed by atoms with Gasteiger partial charge in [0.25, 0.3) is 11.8 Å². The second kappa shape index (κ2) is 10.7. The molecular weight excluding hydrogens is 603 g/mol. The largest absolute Gasteiger partial charge is 0.490 e. The molecule has 38 heavy (non-hydrogen) atoms. The maximum absolute atomic E-state index is 13.2. The summed E-state index contributed by atoms with van der Waals surface area (Å²) < 4.78 is 23.4. The van der Waals surface area contributed by atoms with Crippen molar-refractivity contribution < 1.29 is 33.3 Å². The highest BCUT2D eigenvalue weighted by atomic mass is 127. The molecule has 2 aliphatic rings. The van der Waals surface area contributed by atoms with Crippen molar-refractivity contribution in [3.63, 3.8) is 0 Å². The summed E-state index contributed by atoms with van der Waals surface area (Å²) in [5.74, 6) is 0.879. The SMILES string of the molecule is CCOc1cc(/C=C2\C(=O)NC(=O)N(c3ccc(C)cc3)C2=O)cc(I)c1OCc1ccc2c(c1)OCO2. The van der Waals surface area contributed by atoms with Gasteiger partial charge in [-0.05, 0) is 90.0 Å². The van der Waals surface area contributed by atoms with E-state index in [0.717, 1.165) is 19.6 Å². The highest BCUT2D eigenvalue weighted by Crippen LogP contribution is 2.37. The third-order valence-electron chi connectivity index (χ3n) is 5.86. The molecule has 4 amide bonds. The average Bonchev–Trinajstić information content (AvgIpc) is 3.35. The lowest BCUT2D eigenvalue weighted by Crippen LogP contribution is -2.54. The minimum absolute atomic E-state index is 0.169. The van der Waals surface area contributed by atoms with Crippen LogP contribution in [-0.4, -0.2) is 31.2 Å². The van der Waals surface area contributed by atoms with E-state index in [9.17, 15) is 14.4 Å². The molecule has 2 heterocycles. The summed E-state index contributed by atoms with van der Waals surface area (Å²) in [7, 11) is 0. The molecule has 0 atom stereocenters. The predicted octanol–water partition coefficient (Wildman–Crippen LogP) is 4.97. The van der Waals surface area contributed by atoms with E-state index in [-0.39, 0.29) is 19.0 Å². The number of rotatable bonds is 7. The third-order valence-corrected chi connectivity index (χ3v) is 6.66. The smallest absolute Gasteiger partial charge is 0.335 e. The number of urea groups is 1. The number of halogens is 1. The van der Waals surface area contributed by atoms with E-state index in [1.807, 2.05) is 32.0 Å². The minimum atomic E-state index is -0.794. The van der Waals surface area contributed by atoms with Crippen molar-refractivity contribution in [1.29, 1.82) is 0 Å². The van der Waals surface area contributed by atoms with Crippen LogP contribution in [0.5, 0.6) is 23.0 Å². The first-order valence-corrected chi connectivity index (χ1v) is 12.9. The minimum Gasteiger partial charge on any atom is -0.490 e. The van der Waals surface area contributed by atoms with Gasteiger partial charge in [0, 0.05) is 0 Å². The number of imide groups is 2.